The molecule has 0 bridgehead atoms. The third-order valence-electron chi connectivity index (χ3n) is 5.06. The lowest BCUT2D eigenvalue weighted by Gasteiger charge is -2.40. The maximum Gasteiger partial charge on any atom is 0.0399 e. The van der Waals surface area contributed by atoms with Crippen LogP contribution in [0, 0.1) is 13.8 Å². The van der Waals surface area contributed by atoms with Gasteiger partial charge in [0.15, 0.2) is 0 Å². The number of aryl methyl sites for hydroxylation is 1. The molecule has 116 valence electrons. The highest BCUT2D eigenvalue weighted by Crippen LogP contribution is 2.26. The molecule has 1 heterocycles. The number of piperazine rings is 1. The first kappa shape index (κ1) is 15.1. The van der Waals surface area contributed by atoms with Gasteiger partial charge < -0.3 is 4.90 Å². The van der Waals surface area contributed by atoms with Gasteiger partial charge in [-0.3, -0.25) is 4.90 Å². The Labute approximate surface area is 134 Å². The summed E-state index contributed by atoms with van der Waals surface area (Å²) in [5.41, 5.74) is 5.64. The summed E-state index contributed by atoms with van der Waals surface area (Å²) in [4.78, 5) is 5.13. The summed E-state index contributed by atoms with van der Waals surface area (Å²) >= 11 is 0. The lowest BCUT2D eigenvalue weighted by atomic mass is 10.0. The van der Waals surface area contributed by atoms with Crippen molar-refractivity contribution >= 4 is 5.69 Å². The van der Waals surface area contributed by atoms with E-state index < -0.39 is 0 Å². The summed E-state index contributed by atoms with van der Waals surface area (Å²) in [7, 11) is 0. The second-order valence-corrected chi connectivity index (χ2v) is 6.33. The zero-order chi connectivity index (χ0) is 15.5. The van der Waals surface area contributed by atoms with Crippen molar-refractivity contribution < 1.29 is 0 Å². The minimum atomic E-state index is 0.502. The molecule has 1 fully saturated rings. The van der Waals surface area contributed by atoms with Crippen LogP contribution in [-0.2, 0) is 0 Å². The molecule has 2 aromatic rings. The minimum absolute atomic E-state index is 0.502. The first-order chi connectivity index (χ1) is 10.7. The molecule has 1 saturated heterocycles. The van der Waals surface area contributed by atoms with Gasteiger partial charge in [-0.1, -0.05) is 42.5 Å². The number of nitrogens with zero attached hydrogens (tertiary/aromatic N) is 2. The quantitative estimate of drug-likeness (QED) is 0.837. The summed E-state index contributed by atoms with van der Waals surface area (Å²) in [6.45, 7) is 11.2. The monoisotopic (exact) mass is 294 g/mol. The highest BCUT2D eigenvalue weighted by atomic mass is 15.3. The molecule has 0 N–H and O–H groups in total. The van der Waals surface area contributed by atoms with Gasteiger partial charge in [0, 0.05) is 37.9 Å². The summed E-state index contributed by atoms with van der Waals surface area (Å²) in [5.74, 6) is 0. The Kier molecular flexibility index (Phi) is 4.49. The molecule has 0 spiro atoms. The van der Waals surface area contributed by atoms with E-state index in [1.807, 2.05) is 0 Å². The van der Waals surface area contributed by atoms with E-state index in [1.165, 1.54) is 22.4 Å². The molecule has 0 saturated carbocycles. The molecule has 0 amide bonds. The Morgan fingerprint density at radius 2 is 1.50 bits per heavy atom. The first-order valence-electron chi connectivity index (χ1n) is 8.27. The van der Waals surface area contributed by atoms with Crippen LogP contribution in [0.25, 0.3) is 0 Å². The second kappa shape index (κ2) is 6.53. The van der Waals surface area contributed by atoms with E-state index in [0.717, 1.165) is 26.2 Å². The molecule has 1 unspecified atom stereocenters. The normalized spacial score (nSPS) is 17.5. The molecule has 1 atom stereocenters. The molecule has 0 aliphatic carbocycles. The van der Waals surface area contributed by atoms with Crippen LogP contribution < -0.4 is 4.90 Å². The zero-order valence-corrected chi connectivity index (χ0v) is 13.9. The Balaban J connectivity index is 1.66. The van der Waals surface area contributed by atoms with Crippen molar-refractivity contribution in [3.8, 4) is 0 Å². The summed E-state index contributed by atoms with van der Waals surface area (Å²) in [6.07, 6.45) is 0. The molecule has 22 heavy (non-hydrogen) atoms. The highest BCUT2D eigenvalue weighted by molar-refractivity contribution is 5.56. The molecule has 2 heteroatoms. The Hall–Kier alpha value is -1.80. The van der Waals surface area contributed by atoms with Gasteiger partial charge in [-0.05, 0) is 43.5 Å². The van der Waals surface area contributed by atoms with Crippen molar-refractivity contribution in [3.05, 3.63) is 65.2 Å². The largest absolute Gasteiger partial charge is 0.369 e. The maximum absolute atomic E-state index is 2.59. The Morgan fingerprint density at radius 1 is 0.818 bits per heavy atom. The number of hydrogen-bond donors (Lipinski definition) is 0. The van der Waals surface area contributed by atoms with Crippen LogP contribution in [0.2, 0.25) is 0 Å². The molecular weight excluding hydrogens is 268 g/mol. The van der Waals surface area contributed by atoms with Crippen molar-refractivity contribution in [1.29, 1.82) is 0 Å². The molecule has 2 nitrogen and oxygen atoms in total. The van der Waals surface area contributed by atoms with Crippen LogP contribution >= 0.6 is 0 Å². The van der Waals surface area contributed by atoms with Gasteiger partial charge in [-0.15, -0.1) is 0 Å². The van der Waals surface area contributed by atoms with Gasteiger partial charge in [0.05, 0.1) is 0 Å². The Bertz CT molecular complexity index is 613. The molecule has 1 aliphatic rings. The van der Waals surface area contributed by atoms with Crippen LogP contribution in [0.1, 0.15) is 29.7 Å². The predicted octanol–water partition coefficient (Wildman–Crippen LogP) is 4.19. The van der Waals surface area contributed by atoms with Gasteiger partial charge >= 0.3 is 0 Å². The fourth-order valence-electron chi connectivity index (χ4n) is 3.37. The summed E-state index contributed by atoms with van der Waals surface area (Å²) < 4.78 is 0. The average molecular weight is 294 g/mol. The lowest BCUT2D eigenvalue weighted by Crippen LogP contribution is -2.47. The maximum atomic E-state index is 2.59. The van der Waals surface area contributed by atoms with E-state index in [9.17, 15) is 0 Å². The number of rotatable bonds is 3. The molecule has 0 aromatic heterocycles. The molecule has 3 rings (SSSR count). The summed E-state index contributed by atoms with van der Waals surface area (Å²) in [5, 5.41) is 0. The minimum Gasteiger partial charge on any atom is -0.369 e. The van der Waals surface area contributed by atoms with Crippen molar-refractivity contribution in [3.63, 3.8) is 0 Å². The van der Waals surface area contributed by atoms with Crippen molar-refractivity contribution in [1.82, 2.24) is 4.90 Å². The second-order valence-electron chi connectivity index (χ2n) is 6.33. The third-order valence-corrected chi connectivity index (χ3v) is 5.06. The van der Waals surface area contributed by atoms with Crippen molar-refractivity contribution in [2.24, 2.45) is 0 Å². The number of anilines is 1. The van der Waals surface area contributed by atoms with E-state index in [-0.39, 0.29) is 0 Å². The van der Waals surface area contributed by atoms with E-state index >= 15 is 0 Å². The average Bonchev–Trinajstić information content (AvgIpc) is 2.58. The van der Waals surface area contributed by atoms with Crippen LogP contribution in [0.3, 0.4) is 0 Å². The lowest BCUT2D eigenvalue weighted by molar-refractivity contribution is 0.198. The standard InChI is InChI=1S/C20H26N2/c1-16-8-7-11-20(17(16)2)22-14-12-21(13-15-22)18(3)19-9-5-4-6-10-19/h4-11,18H,12-15H2,1-3H3. The highest BCUT2D eigenvalue weighted by Gasteiger charge is 2.22. The fourth-order valence-corrected chi connectivity index (χ4v) is 3.37. The smallest absolute Gasteiger partial charge is 0.0399 e. The topological polar surface area (TPSA) is 6.48 Å². The molecular formula is C20H26N2. The van der Waals surface area contributed by atoms with Crippen LogP contribution in [0.15, 0.2) is 48.5 Å². The number of benzene rings is 2. The third kappa shape index (κ3) is 3.02. The van der Waals surface area contributed by atoms with Crippen LogP contribution in [0.4, 0.5) is 5.69 Å². The predicted molar refractivity (Wildman–Crippen MR) is 94.6 cm³/mol. The van der Waals surface area contributed by atoms with Gasteiger partial charge in [0.25, 0.3) is 0 Å². The summed E-state index contributed by atoms with van der Waals surface area (Å²) in [6, 6.07) is 18.0. The zero-order valence-electron chi connectivity index (χ0n) is 13.9. The fraction of sp³-hybridized carbons (Fsp3) is 0.400. The number of hydrogen-bond acceptors (Lipinski definition) is 2. The van der Waals surface area contributed by atoms with E-state index in [0.29, 0.717) is 6.04 Å². The van der Waals surface area contributed by atoms with Gasteiger partial charge in [-0.25, -0.2) is 0 Å². The molecule has 1 aliphatic heterocycles. The van der Waals surface area contributed by atoms with E-state index in [4.69, 9.17) is 0 Å². The Morgan fingerprint density at radius 3 is 2.18 bits per heavy atom. The van der Waals surface area contributed by atoms with Crippen molar-refractivity contribution in [2.45, 2.75) is 26.8 Å². The van der Waals surface area contributed by atoms with Crippen molar-refractivity contribution in [2.75, 3.05) is 31.1 Å². The molecule has 0 radical (unpaired) electrons. The molecule has 2 aromatic carbocycles. The van der Waals surface area contributed by atoms with Gasteiger partial charge in [-0.2, -0.15) is 0 Å². The van der Waals surface area contributed by atoms with Gasteiger partial charge in [0.2, 0.25) is 0 Å². The van der Waals surface area contributed by atoms with E-state index in [1.54, 1.807) is 0 Å². The first-order valence-corrected chi connectivity index (χ1v) is 8.27. The van der Waals surface area contributed by atoms with Crippen LogP contribution in [-0.4, -0.2) is 31.1 Å². The SMILES string of the molecule is Cc1cccc(N2CCN(C(C)c3ccccc3)CC2)c1C. The van der Waals surface area contributed by atoms with E-state index in [2.05, 4.69) is 79.1 Å². The van der Waals surface area contributed by atoms with Gasteiger partial charge in [0.1, 0.15) is 0 Å². The van der Waals surface area contributed by atoms with Crippen LogP contribution in [0.5, 0.6) is 0 Å².